The third-order valence-corrected chi connectivity index (χ3v) is 4.62. The van der Waals surface area contributed by atoms with Crippen molar-refractivity contribution in [1.29, 1.82) is 0 Å². The lowest BCUT2D eigenvalue weighted by atomic mass is 9.92. The zero-order valence-corrected chi connectivity index (χ0v) is 13.5. The summed E-state index contributed by atoms with van der Waals surface area (Å²) in [6, 6.07) is -0.264. The van der Waals surface area contributed by atoms with Crippen LogP contribution in [0.15, 0.2) is 36.4 Å². The molecule has 1 amide bonds. The van der Waals surface area contributed by atoms with Gasteiger partial charge in [0.2, 0.25) is 11.9 Å². The minimum absolute atomic E-state index is 0.0910. The number of hydrogen-bond acceptors (Lipinski definition) is 6. The summed E-state index contributed by atoms with van der Waals surface area (Å²) in [7, 11) is 0. The van der Waals surface area contributed by atoms with E-state index in [2.05, 4.69) is 25.6 Å². The Morgan fingerprint density at radius 2 is 2.08 bits per heavy atom. The highest BCUT2D eigenvalue weighted by molar-refractivity contribution is 5.88. The average molecular weight is 343 g/mol. The van der Waals surface area contributed by atoms with Crippen LogP contribution in [-0.4, -0.2) is 50.0 Å². The minimum Gasteiger partial charge on any atom is -0.346 e. The van der Waals surface area contributed by atoms with Crippen molar-refractivity contribution in [2.24, 2.45) is 0 Å². The molecule has 2 aromatic rings. The molecule has 2 fully saturated rings. The molecule has 1 aliphatic carbocycles. The Morgan fingerprint density at radius 3 is 2.72 bits per heavy atom. The van der Waals surface area contributed by atoms with Crippen LogP contribution in [0.1, 0.15) is 25.3 Å². The normalized spacial score (nSPS) is 22.6. The number of hydrogen-bond donors (Lipinski definition) is 1. The molecule has 1 saturated carbocycles. The van der Waals surface area contributed by atoms with Crippen molar-refractivity contribution >= 4 is 11.9 Å². The Morgan fingerprint density at radius 1 is 1.28 bits per heavy atom. The summed E-state index contributed by atoms with van der Waals surface area (Å²) in [5.41, 5.74) is 1.19. The Bertz CT molecular complexity index is 768. The Balaban J connectivity index is 1.52. The molecule has 0 bridgehead atoms. The minimum atomic E-state index is -0.479. The largest absolute Gasteiger partial charge is 0.346 e. The number of nitrogens with zero attached hydrogens (tertiary/aromatic N) is 6. The van der Waals surface area contributed by atoms with E-state index in [0.717, 1.165) is 31.7 Å². The molecule has 3 heterocycles. The Labute approximate surface area is 143 Å². The third-order valence-electron chi connectivity index (χ3n) is 4.62. The van der Waals surface area contributed by atoms with E-state index in [9.17, 15) is 9.18 Å². The van der Waals surface area contributed by atoms with Crippen LogP contribution in [0.3, 0.4) is 0 Å². The highest BCUT2D eigenvalue weighted by Crippen LogP contribution is 2.26. The van der Waals surface area contributed by atoms with Crippen molar-refractivity contribution < 1.29 is 9.18 Å². The van der Waals surface area contributed by atoms with Crippen molar-refractivity contribution in [3.8, 4) is 0 Å². The van der Waals surface area contributed by atoms with Gasteiger partial charge in [-0.3, -0.25) is 4.79 Å². The van der Waals surface area contributed by atoms with Gasteiger partial charge in [-0.1, -0.05) is 10.8 Å². The van der Waals surface area contributed by atoms with Crippen LogP contribution >= 0.6 is 0 Å². The topological polar surface area (TPSA) is 88.8 Å². The first-order chi connectivity index (χ1) is 12.2. The van der Waals surface area contributed by atoms with Crippen molar-refractivity contribution in [1.82, 2.24) is 30.3 Å². The number of halogens is 1. The van der Waals surface area contributed by atoms with Gasteiger partial charge in [-0.05, 0) is 19.3 Å². The number of aromatic nitrogens is 5. The van der Waals surface area contributed by atoms with Gasteiger partial charge >= 0.3 is 0 Å². The van der Waals surface area contributed by atoms with Gasteiger partial charge in [0.1, 0.15) is 0 Å². The maximum Gasteiger partial charge on any atom is 0.244 e. The highest BCUT2D eigenvalue weighted by atomic mass is 19.1. The summed E-state index contributed by atoms with van der Waals surface area (Å²) in [5, 5.41) is 11.0. The van der Waals surface area contributed by atoms with Gasteiger partial charge < -0.3 is 10.2 Å². The van der Waals surface area contributed by atoms with Crippen LogP contribution in [0.2, 0.25) is 0 Å². The zero-order chi connectivity index (χ0) is 17.2. The summed E-state index contributed by atoms with van der Waals surface area (Å²) >= 11 is 0. The van der Waals surface area contributed by atoms with E-state index in [0.29, 0.717) is 19.0 Å². The van der Waals surface area contributed by atoms with E-state index >= 15 is 0 Å². The van der Waals surface area contributed by atoms with Gasteiger partial charge in [-0.15, -0.1) is 5.10 Å². The van der Waals surface area contributed by atoms with Crippen LogP contribution < -0.4 is 10.2 Å². The SMILES string of the molecule is O=C(C=C1CCC1)N[C@@H]1CN(c2ncc(F)cn2)C[C@@H]1n1ccnn1. The lowest BCUT2D eigenvalue weighted by molar-refractivity contribution is -0.117. The molecule has 1 aliphatic heterocycles. The van der Waals surface area contributed by atoms with Crippen molar-refractivity contribution in [2.75, 3.05) is 18.0 Å². The van der Waals surface area contributed by atoms with Gasteiger partial charge in [0.05, 0.1) is 30.7 Å². The molecule has 0 spiro atoms. The quantitative estimate of drug-likeness (QED) is 0.829. The highest BCUT2D eigenvalue weighted by Gasteiger charge is 2.36. The van der Waals surface area contributed by atoms with E-state index in [1.807, 2.05) is 4.90 Å². The number of amides is 1. The summed E-state index contributed by atoms with van der Waals surface area (Å²) in [6.07, 6.45) is 10.5. The fraction of sp³-hybridized carbons (Fsp3) is 0.438. The lowest BCUT2D eigenvalue weighted by Gasteiger charge is -2.20. The van der Waals surface area contributed by atoms with Crippen LogP contribution in [0.5, 0.6) is 0 Å². The third kappa shape index (κ3) is 3.35. The molecule has 2 aromatic heterocycles. The second-order valence-electron chi connectivity index (χ2n) is 6.33. The smallest absolute Gasteiger partial charge is 0.244 e. The Hall–Kier alpha value is -2.84. The first-order valence-electron chi connectivity index (χ1n) is 8.27. The number of nitrogens with one attached hydrogen (secondary N) is 1. The second-order valence-corrected chi connectivity index (χ2v) is 6.33. The van der Waals surface area contributed by atoms with Crippen molar-refractivity contribution in [2.45, 2.75) is 31.3 Å². The number of rotatable bonds is 4. The van der Waals surface area contributed by atoms with Crippen molar-refractivity contribution in [3.63, 3.8) is 0 Å². The molecule has 130 valence electrons. The summed E-state index contributed by atoms with van der Waals surface area (Å²) < 4.78 is 14.8. The fourth-order valence-corrected chi connectivity index (χ4v) is 3.16. The predicted octanol–water partition coefficient (Wildman–Crippen LogP) is 0.864. The first kappa shape index (κ1) is 15.7. The molecule has 9 heteroatoms. The molecule has 25 heavy (non-hydrogen) atoms. The molecule has 8 nitrogen and oxygen atoms in total. The molecule has 0 radical (unpaired) electrons. The summed E-state index contributed by atoms with van der Waals surface area (Å²) in [4.78, 5) is 22.2. The predicted molar refractivity (Wildman–Crippen MR) is 87.1 cm³/mol. The average Bonchev–Trinajstić information content (AvgIpc) is 3.21. The molecule has 1 N–H and O–H groups in total. The standard InChI is InChI=1S/C16H18FN7O/c17-12-7-18-16(19-8-12)23-9-13(14(10-23)24-5-4-20-22-24)21-15(25)6-11-2-1-3-11/h4-8,13-14H,1-3,9-10H2,(H,21,25)/t13-,14+/m1/s1. The number of carbonyl (C=O) groups excluding carboxylic acids is 1. The van der Waals surface area contributed by atoms with Gasteiger partial charge in [0.15, 0.2) is 5.82 Å². The van der Waals surface area contributed by atoms with Crippen LogP contribution in [0, 0.1) is 5.82 Å². The number of anilines is 1. The molecule has 1 saturated heterocycles. The first-order valence-corrected chi connectivity index (χ1v) is 8.27. The number of carbonyl (C=O) groups is 1. The van der Waals surface area contributed by atoms with E-state index in [4.69, 9.17) is 0 Å². The molecule has 0 unspecified atom stereocenters. The van der Waals surface area contributed by atoms with Gasteiger partial charge in [0.25, 0.3) is 0 Å². The maximum absolute atomic E-state index is 13.1. The molecule has 0 aromatic carbocycles. The lowest BCUT2D eigenvalue weighted by Crippen LogP contribution is -2.41. The van der Waals surface area contributed by atoms with Gasteiger partial charge in [-0.2, -0.15) is 0 Å². The zero-order valence-electron chi connectivity index (χ0n) is 13.5. The maximum atomic E-state index is 13.1. The monoisotopic (exact) mass is 343 g/mol. The van der Waals surface area contributed by atoms with Crippen LogP contribution in [0.25, 0.3) is 0 Å². The van der Waals surface area contributed by atoms with Crippen LogP contribution in [-0.2, 0) is 4.79 Å². The molecular formula is C16H18FN7O. The summed E-state index contributed by atoms with van der Waals surface area (Å²) in [6.45, 7) is 1.07. The molecule has 2 aliphatic rings. The van der Waals surface area contributed by atoms with E-state index in [1.165, 1.54) is 5.57 Å². The number of allylic oxidation sites excluding steroid dienone is 1. The van der Waals surface area contributed by atoms with E-state index < -0.39 is 5.82 Å². The Kier molecular flexibility index (Phi) is 4.12. The van der Waals surface area contributed by atoms with Crippen molar-refractivity contribution in [3.05, 3.63) is 42.3 Å². The van der Waals surface area contributed by atoms with Crippen LogP contribution in [0.4, 0.5) is 10.3 Å². The second kappa shape index (κ2) is 6.58. The fourth-order valence-electron chi connectivity index (χ4n) is 3.16. The van der Waals surface area contributed by atoms with E-state index in [1.54, 1.807) is 23.2 Å². The molecule has 4 rings (SSSR count). The van der Waals surface area contributed by atoms with Gasteiger partial charge in [-0.25, -0.2) is 19.0 Å². The molecular weight excluding hydrogens is 325 g/mol. The van der Waals surface area contributed by atoms with Gasteiger partial charge in [0, 0.05) is 25.4 Å². The summed E-state index contributed by atoms with van der Waals surface area (Å²) in [5.74, 6) is -0.139. The van der Waals surface area contributed by atoms with E-state index in [-0.39, 0.29) is 18.0 Å². The molecule has 2 atom stereocenters.